The first kappa shape index (κ1) is 18.9. The summed E-state index contributed by atoms with van der Waals surface area (Å²) in [6, 6.07) is 6.73. The molecule has 6 heteroatoms. The van der Waals surface area contributed by atoms with Crippen LogP contribution in [0.5, 0.6) is 0 Å². The smallest absolute Gasteiger partial charge is 0.226 e. The van der Waals surface area contributed by atoms with Gasteiger partial charge in [0, 0.05) is 12.5 Å². The minimum atomic E-state index is -0.991. The molecular weight excluding hydrogens is 330 g/mol. The SMILES string of the molecule is CCC(NC(=O)CC(N)C1(C)CCCC1)C(O)c1nc2ccccc2o1. The lowest BCUT2D eigenvalue weighted by Gasteiger charge is -2.31. The molecule has 26 heavy (non-hydrogen) atoms. The zero-order chi connectivity index (χ0) is 18.7. The monoisotopic (exact) mass is 359 g/mol. The summed E-state index contributed by atoms with van der Waals surface area (Å²) in [7, 11) is 0. The van der Waals surface area contributed by atoms with E-state index in [2.05, 4.69) is 17.2 Å². The van der Waals surface area contributed by atoms with Crippen molar-refractivity contribution in [3.05, 3.63) is 30.2 Å². The fourth-order valence-electron chi connectivity index (χ4n) is 3.86. The molecular formula is C20H29N3O3. The third-order valence-electron chi connectivity index (χ3n) is 5.78. The summed E-state index contributed by atoms with van der Waals surface area (Å²) in [6.45, 7) is 4.08. The van der Waals surface area contributed by atoms with E-state index in [1.54, 1.807) is 6.07 Å². The first-order valence-corrected chi connectivity index (χ1v) is 9.51. The van der Waals surface area contributed by atoms with Gasteiger partial charge in [-0.15, -0.1) is 0 Å². The van der Waals surface area contributed by atoms with Crippen LogP contribution in [0, 0.1) is 5.41 Å². The van der Waals surface area contributed by atoms with Gasteiger partial charge in [-0.25, -0.2) is 4.98 Å². The molecule has 0 saturated heterocycles. The summed E-state index contributed by atoms with van der Waals surface area (Å²) in [4.78, 5) is 16.8. The van der Waals surface area contributed by atoms with Crippen molar-refractivity contribution in [2.24, 2.45) is 11.1 Å². The van der Waals surface area contributed by atoms with E-state index in [9.17, 15) is 9.90 Å². The van der Waals surface area contributed by atoms with Gasteiger partial charge in [-0.1, -0.05) is 38.8 Å². The van der Waals surface area contributed by atoms with Gasteiger partial charge in [0.15, 0.2) is 11.7 Å². The van der Waals surface area contributed by atoms with Crippen molar-refractivity contribution >= 4 is 17.0 Å². The molecule has 3 atom stereocenters. The molecule has 1 aromatic carbocycles. The average Bonchev–Trinajstić information content (AvgIpc) is 3.26. The van der Waals surface area contributed by atoms with Gasteiger partial charge in [0.2, 0.25) is 11.8 Å². The van der Waals surface area contributed by atoms with Crippen LogP contribution in [0.3, 0.4) is 0 Å². The zero-order valence-electron chi connectivity index (χ0n) is 15.6. The van der Waals surface area contributed by atoms with Crippen molar-refractivity contribution in [1.82, 2.24) is 10.3 Å². The number of aliphatic hydroxyl groups excluding tert-OH is 1. The molecule has 1 amide bonds. The number of hydrogen-bond acceptors (Lipinski definition) is 5. The number of rotatable bonds is 7. The number of aromatic nitrogens is 1. The van der Waals surface area contributed by atoms with Crippen molar-refractivity contribution in [2.75, 3.05) is 0 Å². The lowest BCUT2D eigenvalue weighted by Crippen LogP contribution is -2.45. The number of hydrogen-bond donors (Lipinski definition) is 3. The molecule has 0 spiro atoms. The van der Waals surface area contributed by atoms with Crippen LogP contribution in [-0.4, -0.2) is 28.1 Å². The topological polar surface area (TPSA) is 101 Å². The molecule has 4 N–H and O–H groups in total. The van der Waals surface area contributed by atoms with E-state index in [0.29, 0.717) is 17.5 Å². The normalized spacial score (nSPS) is 20.0. The van der Waals surface area contributed by atoms with Crippen LogP contribution in [0.2, 0.25) is 0 Å². The highest BCUT2D eigenvalue weighted by molar-refractivity contribution is 5.77. The van der Waals surface area contributed by atoms with Crippen LogP contribution in [0.4, 0.5) is 0 Å². The second-order valence-corrected chi connectivity index (χ2v) is 7.72. The van der Waals surface area contributed by atoms with Crippen molar-refractivity contribution in [1.29, 1.82) is 0 Å². The number of aliphatic hydroxyl groups is 1. The third-order valence-corrected chi connectivity index (χ3v) is 5.78. The van der Waals surface area contributed by atoms with E-state index in [0.717, 1.165) is 12.8 Å². The second kappa shape index (κ2) is 7.76. The number of amides is 1. The summed E-state index contributed by atoms with van der Waals surface area (Å²) in [5.41, 5.74) is 7.67. The summed E-state index contributed by atoms with van der Waals surface area (Å²) in [5.74, 6) is 0.0954. The van der Waals surface area contributed by atoms with Gasteiger partial charge < -0.3 is 20.6 Å². The molecule has 1 saturated carbocycles. The highest BCUT2D eigenvalue weighted by Crippen LogP contribution is 2.40. The Kier molecular flexibility index (Phi) is 5.63. The van der Waals surface area contributed by atoms with Crippen LogP contribution >= 0.6 is 0 Å². The summed E-state index contributed by atoms with van der Waals surface area (Å²) in [6.07, 6.45) is 4.36. The van der Waals surface area contributed by atoms with Gasteiger partial charge in [0.25, 0.3) is 0 Å². The molecule has 1 fully saturated rings. The predicted molar refractivity (Wildman–Crippen MR) is 100 cm³/mol. The number of benzene rings is 1. The predicted octanol–water partition coefficient (Wildman–Crippen LogP) is 3.05. The van der Waals surface area contributed by atoms with Crippen molar-refractivity contribution in [3.8, 4) is 0 Å². The third kappa shape index (κ3) is 3.91. The van der Waals surface area contributed by atoms with E-state index in [1.807, 2.05) is 25.1 Å². The second-order valence-electron chi connectivity index (χ2n) is 7.72. The molecule has 142 valence electrons. The molecule has 1 aliphatic rings. The lowest BCUT2D eigenvalue weighted by atomic mass is 9.79. The minimum absolute atomic E-state index is 0.0396. The Labute approximate surface area is 154 Å². The standard InChI is InChI=1S/C20H29N3O3/c1-3-13(18(25)19-23-14-8-4-5-9-15(14)26-19)22-17(24)12-16(21)20(2)10-6-7-11-20/h4-5,8-9,13,16,18,25H,3,6-7,10-12,21H2,1-2H3,(H,22,24). The van der Waals surface area contributed by atoms with Gasteiger partial charge in [-0.3, -0.25) is 4.79 Å². The number of fused-ring (bicyclic) bond motifs is 1. The van der Waals surface area contributed by atoms with Gasteiger partial charge in [-0.05, 0) is 36.8 Å². The number of nitrogens with one attached hydrogen (secondary N) is 1. The van der Waals surface area contributed by atoms with Crippen molar-refractivity contribution in [2.45, 2.75) is 70.6 Å². The number of oxazole rings is 1. The Morgan fingerprint density at radius 2 is 2.08 bits per heavy atom. The minimum Gasteiger partial charge on any atom is -0.438 e. The number of para-hydroxylation sites is 2. The average molecular weight is 359 g/mol. The molecule has 1 heterocycles. The number of carbonyl (C=O) groups is 1. The zero-order valence-corrected chi connectivity index (χ0v) is 15.6. The number of nitrogens with two attached hydrogens (primary N) is 1. The summed E-state index contributed by atoms with van der Waals surface area (Å²) < 4.78 is 5.64. The molecule has 0 aliphatic heterocycles. The molecule has 3 rings (SSSR count). The highest BCUT2D eigenvalue weighted by atomic mass is 16.4. The van der Waals surface area contributed by atoms with E-state index >= 15 is 0 Å². The Hall–Kier alpha value is -1.92. The maximum absolute atomic E-state index is 12.5. The van der Waals surface area contributed by atoms with Crippen LogP contribution in [0.1, 0.15) is 64.4 Å². The van der Waals surface area contributed by atoms with E-state index < -0.39 is 12.1 Å². The van der Waals surface area contributed by atoms with E-state index in [1.165, 1.54) is 12.8 Å². The Bertz CT molecular complexity index is 719. The largest absolute Gasteiger partial charge is 0.438 e. The fraction of sp³-hybridized carbons (Fsp3) is 0.600. The lowest BCUT2D eigenvalue weighted by molar-refractivity contribution is -0.123. The van der Waals surface area contributed by atoms with E-state index in [4.69, 9.17) is 10.2 Å². The van der Waals surface area contributed by atoms with Gasteiger partial charge >= 0.3 is 0 Å². The van der Waals surface area contributed by atoms with Crippen molar-refractivity contribution in [3.63, 3.8) is 0 Å². The quantitative estimate of drug-likeness (QED) is 0.705. The van der Waals surface area contributed by atoms with Crippen LogP contribution in [0.15, 0.2) is 28.7 Å². The molecule has 3 unspecified atom stereocenters. The van der Waals surface area contributed by atoms with Gasteiger partial charge in [0.1, 0.15) is 5.52 Å². The van der Waals surface area contributed by atoms with Crippen LogP contribution in [0.25, 0.3) is 11.1 Å². The maximum atomic E-state index is 12.5. The Morgan fingerprint density at radius 1 is 1.38 bits per heavy atom. The highest BCUT2D eigenvalue weighted by Gasteiger charge is 2.36. The Balaban J connectivity index is 1.63. The molecule has 0 radical (unpaired) electrons. The van der Waals surface area contributed by atoms with Crippen molar-refractivity contribution < 1.29 is 14.3 Å². The maximum Gasteiger partial charge on any atom is 0.226 e. The number of nitrogens with zero attached hydrogens (tertiary/aromatic N) is 1. The summed E-state index contributed by atoms with van der Waals surface area (Å²) >= 11 is 0. The molecule has 0 bridgehead atoms. The van der Waals surface area contributed by atoms with Crippen LogP contribution < -0.4 is 11.1 Å². The van der Waals surface area contributed by atoms with Gasteiger partial charge in [-0.2, -0.15) is 0 Å². The molecule has 1 aromatic heterocycles. The first-order chi connectivity index (χ1) is 12.4. The number of carbonyl (C=O) groups excluding carboxylic acids is 1. The van der Waals surface area contributed by atoms with Crippen LogP contribution in [-0.2, 0) is 4.79 Å². The molecule has 6 nitrogen and oxygen atoms in total. The first-order valence-electron chi connectivity index (χ1n) is 9.51. The fourth-order valence-corrected chi connectivity index (χ4v) is 3.86. The Morgan fingerprint density at radius 3 is 2.73 bits per heavy atom. The molecule has 2 aromatic rings. The van der Waals surface area contributed by atoms with E-state index in [-0.39, 0.29) is 29.7 Å². The molecule has 1 aliphatic carbocycles. The summed E-state index contributed by atoms with van der Waals surface area (Å²) in [5, 5.41) is 13.5. The van der Waals surface area contributed by atoms with Gasteiger partial charge in [0.05, 0.1) is 6.04 Å².